The lowest BCUT2D eigenvalue weighted by Crippen LogP contribution is -2.53. The predicted molar refractivity (Wildman–Crippen MR) is 101 cm³/mol. The number of rotatable bonds is 5. The maximum atomic E-state index is 12.5. The monoisotopic (exact) mass is 419 g/mol. The number of carbonyl (C=O) groups excluding carboxylic acids is 1. The summed E-state index contributed by atoms with van der Waals surface area (Å²) >= 11 is 8.55. The highest BCUT2D eigenvalue weighted by atomic mass is 35.5. The first kappa shape index (κ1) is 18.7. The predicted octanol–water partition coefficient (Wildman–Crippen LogP) is 2.72. The van der Waals surface area contributed by atoms with Crippen molar-refractivity contribution in [2.75, 3.05) is 32.7 Å². The van der Waals surface area contributed by atoms with Gasteiger partial charge < -0.3 is 10.2 Å². The topological polar surface area (TPSA) is 69.7 Å². The van der Waals surface area contributed by atoms with Gasteiger partial charge in [-0.25, -0.2) is 13.2 Å². The molecule has 0 radical (unpaired) electrons. The van der Waals surface area contributed by atoms with Crippen LogP contribution in [0.3, 0.4) is 0 Å². The van der Waals surface area contributed by atoms with Crippen LogP contribution < -0.4 is 5.32 Å². The van der Waals surface area contributed by atoms with Crippen molar-refractivity contribution in [1.29, 1.82) is 0 Å². The molecule has 2 aromatic rings. The van der Waals surface area contributed by atoms with Crippen molar-refractivity contribution in [1.82, 2.24) is 14.5 Å². The van der Waals surface area contributed by atoms with Crippen LogP contribution in [0.4, 0.5) is 4.79 Å². The molecular formula is C15H18ClN3O3S3. The van der Waals surface area contributed by atoms with Crippen LogP contribution in [0.15, 0.2) is 33.9 Å². The minimum absolute atomic E-state index is 0.146. The van der Waals surface area contributed by atoms with Crippen LogP contribution >= 0.6 is 34.3 Å². The molecule has 10 heteroatoms. The third-order valence-corrected chi connectivity index (χ3v) is 8.43. The van der Waals surface area contributed by atoms with E-state index in [9.17, 15) is 13.2 Å². The molecule has 2 amide bonds. The first-order chi connectivity index (χ1) is 12.0. The Morgan fingerprint density at radius 3 is 2.56 bits per heavy atom. The Bertz CT molecular complexity index is 812. The summed E-state index contributed by atoms with van der Waals surface area (Å²) in [5.74, 6) is 0. The number of sulfonamides is 1. The Morgan fingerprint density at radius 1 is 1.20 bits per heavy atom. The van der Waals surface area contributed by atoms with Crippen molar-refractivity contribution in [2.45, 2.75) is 10.6 Å². The lowest BCUT2D eigenvalue weighted by molar-refractivity contribution is 0.172. The zero-order valence-corrected chi connectivity index (χ0v) is 16.6. The zero-order chi connectivity index (χ0) is 17.9. The molecule has 2 aromatic heterocycles. The van der Waals surface area contributed by atoms with Crippen LogP contribution in [0.25, 0.3) is 0 Å². The van der Waals surface area contributed by atoms with E-state index in [0.717, 1.165) is 17.8 Å². The molecule has 1 saturated heterocycles. The van der Waals surface area contributed by atoms with Crippen LogP contribution in [0.1, 0.15) is 4.88 Å². The molecule has 0 saturated carbocycles. The minimum Gasteiger partial charge on any atom is -0.338 e. The number of amides is 2. The van der Waals surface area contributed by atoms with Crippen molar-refractivity contribution >= 4 is 50.3 Å². The molecule has 0 spiro atoms. The fourth-order valence-electron chi connectivity index (χ4n) is 2.55. The molecule has 0 atom stereocenters. The number of urea groups is 1. The fourth-order valence-corrected chi connectivity index (χ4v) is 6.32. The van der Waals surface area contributed by atoms with Crippen molar-refractivity contribution in [3.63, 3.8) is 0 Å². The lowest BCUT2D eigenvalue weighted by Gasteiger charge is -2.33. The number of hydrogen-bond acceptors (Lipinski definition) is 5. The van der Waals surface area contributed by atoms with Crippen molar-refractivity contribution in [3.8, 4) is 0 Å². The van der Waals surface area contributed by atoms with Gasteiger partial charge in [0, 0.05) is 37.6 Å². The SMILES string of the molecule is O=C(NCCc1cccs1)N1CCN(S(=O)(=O)c2ccc(Cl)s2)CC1. The molecule has 1 aliphatic heterocycles. The van der Waals surface area contributed by atoms with Crippen LogP contribution in [0.5, 0.6) is 0 Å². The van der Waals surface area contributed by atoms with Gasteiger partial charge in [0.05, 0.1) is 4.34 Å². The molecule has 1 N–H and O–H groups in total. The second-order valence-electron chi connectivity index (χ2n) is 5.51. The largest absolute Gasteiger partial charge is 0.338 e. The van der Waals surface area contributed by atoms with Gasteiger partial charge in [-0.15, -0.1) is 22.7 Å². The van der Waals surface area contributed by atoms with E-state index >= 15 is 0 Å². The number of nitrogens with one attached hydrogen (secondary N) is 1. The molecule has 25 heavy (non-hydrogen) atoms. The second kappa shape index (κ2) is 8.05. The Hall–Kier alpha value is -1.13. The number of halogens is 1. The minimum atomic E-state index is -3.53. The quantitative estimate of drug-likeness (QED) is 0.810. The molecule has 0 unspecified atom stereocenters. The fraction of sp³-hybridized carbons (Fsp3) is 0.400. The Labute approximate surface area is 160 Å². The van der Waals surface area contributed by atoms with Gasteiger partial charge in [-0.05, 0) is 30.0 Å². The summed E-state index contributed by atoms with van der Waals surface area (Å²) in [5, 5.41) is 4.90. The molecule has 6 nitrogen and oxygen atoms in total. The highest BCUT2D eigenvalue weighted by molar-refractivity contribution is 7.91. The van der Waals surface area contributed by atoms with Crippen LogP contribution in [-0.2, 0) is 16.4 Å². The van der Waals surface area contributed by atoms with Gasteiger partial charge in [0.1, 0.15) is 4.21 Å². The standard InChI is InChI=1S/C15H18ClN3O3S3/c16-13-3-4-14(24-13)25(21,22)19-9-7-18(8-10-19)15(20)17-6-5-12-2-1-11-23-12/h1-4,11H,5-10H2,(H,17,20). The van der Waals surface area contributed by atoms with E-state index in [-0.39, 0.29) is 23.3 Å². The van der Waals surface area contributed by atoms with Gasteiger partial charge in [0.2, 0.25) is 0 Å². The molecule has 0 aromatic carbocycles. The van der Waals surface area contributed by atoms with Crippen molar-refractivity contribution in [2.24, 2.45) is 0 Å². The third-order valence-electron chi connectivity index (χ3n) is 3.90. The molecule has 136 valence electrons. The normalized spacial score (nSPS) is 16.1. The zero-order valence-electron chi connectivity index (χ0n) is 13.4. The van der Waals surface area contributed by atoms with E-state index in [0.29, 0.717) is 24.0 Å². The van der Waals surface area contributed by atoms with E-state index in [4.69, 9.17) is 11.6 Å². The van der Waals surface area contributed by atoms with E-state index in [1.807, 2.05) is 17.5 Å². The molecular weight excluding hydrogens is 402 g/mol. The van der Waals surface area contributed by atoms with Crippen LogP contribution in [-0.4, -0.2) is 56.4 Å². The van der Waals surface area contributed by atoms with Crippen molar-refractivity contribution in [3.05, 3.63) is 38.9 Å². The number of carbonyl (C=O) groups is 1. The van der Waals surface area contributed by atoms with Gasteiger partial charge in [-0.3, -0.25) is 0 Å². The van der Waals surface area contributed by atoms with E-state index in [2.05, 4.69) is 5.32 Å². The van der Waals surface area contributed by atoms with Crippen LogP contribution in [0, 0.1) is 0 Å². The summed E-state index contributed by atoms with van der Waals surface area (Å²) in [6.45, 7) is 1.91. The Balaban J connectivity index is 1.48. The number of nitrogens with zero attached hydrogens (tertiary/aromatic N) is 2. The number of piperazine rings is 1. The van der Waals surface area contributed by atoms with Gasteiger partial charge >= 0.3 is 6.03 Å². The molecule has 3 heterocycles. The molecule has 3 rings (SSSR count). The van der Waals surface area contributed by atoms with Crippen LogP contribution in [0.2, 0.25) is 4.34 Å². The maximum Gasteiger partial charge on any atom is 0.317 e. The summed E-state index contributed by atoms with van der Waals surface area (Å²) in [6, 6.07) is 6.98. The van der Waals surface area contributed by atoms with Gasteiger partial charge in [0.25, 0.3) is 10.0 Å². The van der Waals surface area contributed by atoms with Gasteiger partial charge in [-0.2, -0.15) is 4.31 Å². The average Bonchev–Trinajstić information content (AvgIpc) is 3.27. The molecule has 0 aliphatic carbocycles. The summed E-state index contributed by atoms with van der Waals surface area (Å²) in [7, 11) is -3.53. The Morgan fingerprint density at radius 2 is 1.96 bits per heavy atom. The lowest BCUT2D eigenvalue weighted by atomic mass is 10.3. The Kier molecular flexibility index (Phi) is 6.00. The smallest absolute Gasteiger partial charge is 0.317 e. The summed E-state index contributed by atoms with van der Waals surface area (Å²) < 4.78 is 27.2. The molecule has 1 aliphatic rings. The molecule has 1 fully saturated rings. The summed E-state index contributed by atoms with van der Waals surface area (Å²) in [5.41, 5.74) is 0. The van der Waals surface area contributed by atoms with E-state index in [1.165, 1.54) is 15.2 Å². The summed E-state index contributed by atoms with van der Waals surface area (Å²) in [6.07, 6.45) is 0.802. The van der Waals surface area contributed by atoms with Gasteiger partial charge in [-0.1, -0.05) is 17.7 Å². The number of thiophene rings is 2. The maximum absolute atomic E-state index is 12.5. The highest BCUT2D eigenvalue weighted by Crippen LogP contribution is 2.28. The van der Waals surface area contributed by atoms with E-state index < -0.39 is 10.0 Å². The molecule has 0 bridgehead atoms. The summed E-state index contributed by atoms with van der Waals surface area (Å²) in [4.78, 5) is 15.1. The van der Waals surface area contributed by atoms with Crippen molar-refractivity contribution < 1.29 is 13.2 Å². The van der Waals surface area contributed by atoms with E-state index in [1.54, 1.807) is 22.3 Å². The van der Waals surface area contributed by atoms with Gasteiger partial charge in [0.15, 0.2) is 0 Å². The number of hydrogen-bond donors (Lipinski definition) is 1. The first-order valence-electron chi connectivity index (χ1n) is 7.77. The second-order valence-corrected chi connectivity index (χ2v) is 10.4. The highest BCUT2D eigenvalue weighted by Gasteiger charge is 2.31. The average molecular weight is 420 g/mol. The third kappa shape index (κ3) is 4.53. The first-order valence-corrected chi connectivity index (χ1v) is 11.3.